The molecular formula is C30H30ClFN4O7. The number of ether oxygens (including phenoxy) is 3. The van der Waals surface area contributed by atoms with Gasteiger partial charge in [-0.2, -0.15) is 0 Å². The van der Waals surface area contributed by atoms with Gasteiger partial charge in [0.15, 0.2) is 18.1 Å². The summed E-state index contributed by atoms with van der Waals surface area (Å²) in [4.78, 5) is 54.5. The molecule has 0 aliphatic carbocycles. The maximum Gasteiger partial charge on any atom is 0.266 e. The van der Waals surface area contributed by atoms with Crippen LogP contribution in [0.25, 0.3) is 0 Å². The number of rotatable bonds is 2. The lowest BCUT2D eigenvalue weighted by Gasteiger charge is -2.39. The standard InChI is InChI=1S/C30H30ClFN4O7/c1-41-25-4-2-17-3-5-27(37)33-13-18-8-20(32)12-21(9-18)43-24-6-7-36(30(40)19-11-22(31)29(39)34-14-19)15-23(24)35-28(38)16-42-26(25)10-17/h2,4,8-12,14,23-24H,3,5-7,13,15-16H2,1H3,(H,33,37)(H,34,39)(H,35,38)/t23-,24-/m1/s1. The number of piperidine rings is 1. The van der Waals surface area contributed by atoms with Gasteiger partial charge in [0.1, 0.15) is 22.7 Å². The predicted octanol–water partition coefficient (Wildman–Crippen LogP) is 2.60. The molecule has 0 saturated carbocycles. The smallest absolute Gasteiger partial charge is 0.266 e. The molecule has 2 atom stereocenters. The fraction of sp³-hybridized carbons (Fsp3) is 0.333. The summed E-state index contributed by atoms with van der Waals surface area (Å²) in [5.41, 5.74) is 0.978. The number of nitrogens with zero attached hydrogens (tertiary/aromatic N) is 1. The number of carbonyl (C=O) groups is 3. The molecule has 4 bridgehead atoms. The van der Waals surface area contributed by atoms with Crippen molar-refractivity contribution in [1.29, 1.82) is 0 Å². The zero-order valence-corrected chi connectivity index (χ0v) is 24.0. The van der Waals surface area contributed by atoms with Crippen molar-refractivity contribution in [1.82, 2.24) is 20.5 Å². The van der Waals surface area contributed by atoms with E-state index in [1.165, 1.54) is 36.4 Å². The van der Waals surface area contributed by atoms with Gasteiger partial charge in [0.05, 0.1) is 18.7 Å². The van der Waals surface area contributed by atoms with E-state index in [4.69, 9.17) is 25.8 Å². The Morgan fingerprint density at radius 2 is 1.91 bits per heavy atom. The highest BCUT2D eigenvalue weighted by Gasteiger charge is 2.35. The molecule has 0 radical (unpaired) electrons. The van der Waals surface area contributed by atoms with E-state index in [1.807, 2.05) is 0 Å². The quantitative estimate of drug-likeness (QED) is 0.404. The topological polar surface area (TPSA) is 139 Å². The number of H-pyrrole nitrogens is 1. The minimum Gasteiger partial charge on any atom is -0.493 e. The molecule has 0 spiro atoms. The van der Waals surface area contributed by atoms with E-state index in [-0.39, 0.29) is 54.9 Å². The number of nitrogens with one attached hydrogen (secondary N) is 3. The summed E-state index contributed by atoms with van der Waals surface area (Å²) < 4.78 is 31.9. The van der Waals surface area contributed by atoms with Gasteiger partial charge in [-0.1, -0.05) is 17.7 Å². The molecule has 3 amide bonds. The first-order valence-electron chi connectivity index (χ1n) is 13.7. The fourth-order valence-electron chi connectivity index (χ4n) is 5.05. The summed E-state index contributed by atoms with van der Waals surface area (Å²) in [5, 5.41) is 5.58. The second kappa shape index (κ2) is 13.2. The van der Waals surface area contributed by atoms with Crippen LogP contribution < -0.4 is 30.4 Å². The highest BCUT2D eigenvalue weighted by atomic mass is 35.5. The number of likely N-dealkylation sites (tertiary alicyclic amines) is 1. The van der Waals surface area contributed by atoms with Crippen molar-refractivity contribution in [3.05, 3.63) is 86.5 Å². The van der Waals surface area contributed by atoms with Gasteiger partial charge in [0.2, 0.25) is 5.91 Å². The van der Waals surface area contributed by atoms with Crippen molar-refractivity contribution in [2.75, 3.05) is 26.8 Å². The first-order chi connectivity index (χ1) is 20.7. The van der Waals surface area contributed by atoms with Crippen molar-refractivity contribution in [2.45, 2.75) is 38.0 Å². The van der Waals surface area contributed by atoms with Crippen molar-refractivity contribution in [2.24, 2.45) is 0 Å². The molecule has 1 aromatic heterocycles. The number of aromatic amines is 1. The number of fused-ring (bicyclic) bond motifs is 5. The van der Waals surface area contributed by atoms with E-state index in [2.05, 4.69) is 15.6 Å². The number of aryl methyl sites for hydroxylation is 1. The Bertz CT molecular complexity index is 1600. The number of hydrogen-bond donors (Lipinski definition) is 3. The van der Waals surface area contributed by atoms with Crippen molar-refractivity contribution in [3.63, 3.8) is 0 Å². The van der Waals surface area contributed by atoms with E-state index < -0.39 is 35.3 Å². The van der Waals surface area contributed by atoms with Crippen LogP contribution >= 0.6 is 11.6 Å². The van der Waals surface area contributed by atoms with Gasteiger partial charge in [-0.3, -0.25) is 19.2 Å². The van der Waals surface area contributed by atoms with E-state index >= 15 is 0 Å². The third-order valence-electron chi connectivity index (χ3n) is 7.22. The molecule has 5 rings (SSSR count). The maximum atomic E-state index is 14.5. The largest absolute Gasteiger partial charge is 0.493 e. The lowest BCUT2D eigenvalue weighted by Crippen LogP contribution is -2.58. The van der Waals surface area contributed by atoms with E-state index in [1.54, 1.807) is 24.3 Å². The predicted molar refractivity (Wildman–Crippen MR) is 154 cm³/mol. The first-order valence-corrected chi connectivity index (χ1v) is 14.1. The summed E-state index contributed by atoms with van der Waals surface area (Å²) in [6.07, 6.45) is 1.55. The van der Waals surface area contributed by atoms with Crippen molar-refractivity contribution in [3.8, 4) is 17.2 Å². The molecule has 1 saturated heterocycles. The molecule has 2 aromatic carbocycles. The zero-order chi connectivity index (χ0) is 30.5. The second-order valence-corrected chi connectivity index (χ2v) is 10.7. The van der Waals surface area contributed by atoms with Crippen LogP contribution in [-0.2, 0) is 22.6 Å². The zero-order valence-electron chi connectivity index (χ0n) is 23.3. The SMILES string of the molecule is COc1ccc2cc1OCC(=O)N[C@@H]1CN(C(=O)c3c[nH]c(=O)c(Cl)c3)CC[C@H]1Oc1cc(F)cc(c1)CNC(=O)CC2. The first kappa shape index (κ1) is 29.9. The van der Waals surface area contributed by atoms with Crippen LogP contribution in [0, 0.1) is 5.82 Å². The van der Waals surface area contributed by atoms with Crippen LogP contribution in [0.4, 0.5) is 4.39 Å². The molecule has 11 nitrogen and oxygen atoms in total. The maximum absolute atomic E-state index is 14.5. The highest BCUT2D eigenvalue weighted by Crippen LogP contribution is 2.29. The summed E-state index contributed by atoms with van der Waals surface area (Å²) in [5.74, 6) is -0.654. The second-order valence-electron chi connectivity index (χ2n) is 10.3. The third-order valence-corrected chi connectivity index (χ3v) is 7.50. The summed E-state index contributed by atoms with van der Waals surface area (Å²) >= 11 is 5.93. The Morgan fingerprint density at radius 1 is 1.07 bits per heavy atom. The van der Waals surface area contributed by atoms with Gasteiger partial charge < -0.3 is 34.7 Å². The molecule has 3 N–H and O–H groups in total. The number of halogens is 2. The number of benzene rings is 2. The minimum atomic E-state index is -0.703. The number of aromatic nitrogens is 1. The molecule has 3 aromatic rings. The van der Waals surface area contributed by atoms with Crippen LogP contribution in [0.2, 0.25) is 5.02 Å². The van der Waals surface area contributed by atoms with Crippen LogP contribution in [0.5, 0.6) is 17.2 Å². The van der Waals surface area contributed by atoms with E-state index in [0.717, 1.165) is 5.56 Å². The third kappa shape index (κ3) is 7.44. The Hall–Kier alpha value is -4.58. The fourth-order valence-corrected chi connectivity index (χ4v) is 5.22. The average molecular weight is 613 g/mol. The number of pyridine rings is 1. The van der Waals surface area contributed by atoms with E-state index in [0.29, 0.717) is 29.9 Å². The lowest BCUT2D eigenvalue weighted by atomic mass is 10.0. The monoisotopic (exact) mass is 612 g/mol. The van der Waals surface area contributed by atoms with Crippen LogP contribution in [0.3, 0.4) is 0 Å². The minimum absolute atomic E-state index is 0.0586. The molecule has 2 aliphatic heterocycles. The van der Waals surface area contributed by atoms with E-state index in [9.17, 15) is 23.6 Å². The molecular weight excluding hydrogens is 583 g/mol. The van der Waals surface area contributed by atoms with Crippen LogP contribution in [0.1, 0.15) is 34.3 Å². The van der Waals surface area contributed by atoms with Gasteiger partial charge in [0.25, 0.3) is 17.4 Å². The van der Waals surface area contributed by atoms with Gasteiger partial charge >= 0.3 is 0 Å². The Labute approximate surface area is 251 Å². The molecule has 3 heterocycles. The molecule has 0 unspecified atom stereocenters. The van der Waals surface area contributed by atoms with Gasteiger partial charge in [-0.15, -0.1) is 0 Å². The molecule has 2 aliphatic rings. The number of carbonyl (C=O) groups excluding carboxylic acids is 3. The highest BCUT2D eigenvalue weighted by molar-refractivity contribution is 6.30. The van der Waals surface area contributed by atoms with Gasteiger partial charge in [-0.05, 0) is 47.9 Å². The van der Waals surface area contributed by atoms with Gasteiger partial charge in [0, 0.05) is 44.7 Å². The summed E-state index contributed by atoms with van der Waals surface area (Å²) in [6, 6.07) is 9.97. The number of hydrogen-bond acceptors (Lipinski definition) is 7. The molecule has 43 heavy (non-hydrogen) atoms. The number of amides is 3. The number of methoxy groups -OCH3 is 1. The van der Waals surface area contributed by atoms with Crippen LogP contribution in [0.15, 0.2) is 53.5 Å². The Kier molecular flexibility index (Phi) is 9.15. The van der Waals surface area contributed by atoms with Gasteiger partial charge in [-0.25, -0.2) is 4.39 Å². The Balaban J connectivity index is 1.42. The van der Waals surface area contributed by atoms with Crippen molar-refractivity contribution >= 4 is 29.3 Å². The molecule has 226 valence electrons. The molecule has 1 fully saturated rings. The normalized spacial score (nSPS) is 19.4. The molecule has 13 heteroatoms. The Morgan fingerprint density at radius 3 is 2.70 bits per heavy atom. The van der Waals surface area contributed by atoms with Crippen molar-refractivity contribution < 1.29 is 33.0 Å². The summed E-state index contributed by atoms with van der Waals surface area (Å²) in [7, 11) is 1.48. The lowest BCUT2D eigenvalue weighted by molar-refractivity contribution is -0.125. The van der Waals surface area contributed by atoms with Crippen LogP contribution in [-0.4, -0.2) is 66.6 Å². The average Bonchev–Trinajstić information content (AvgIpc) is 2.99. The summed E-state index contributed by atoms with van der Waals surface area (Å²) in [6.45, 7) is 0.0459.